The van der Waals surface area contributed by atoms with Crippen LogP contribution in [0.25, 0.3) is 0 Å². The maximum absolute atomic E-state index is 12.0. The number of amides is 2. The van der Waals surface area contributed by atoms with Crippen LogP contribution in [-0.2, 0) is 16.1 Å². The Kier molecular flexibility index (Phi) is 6.54. The zero-order valence-electron chi connectivity index (χ0n) is 14.7. The van der Waals surface area contributed by atoms with E-state index in [2.05, 4.69) is 10.6 Å². The largest absolute Gasteiger partial charge is 0.497 e. The highest BCUT2D eigenvalue weighted by Gasteiger charge is 2.06. The highest BCUT2D eigenvalue weighted by Crippen LogP contribution is 2.17. The lowest BCUT2D eigenvalue weighted by atomic mass is 10.2. The molecule has 132 valence electrons. The molecule has 0 radical (unpaired) electrons. The predicted molar refractivity (Wildman–Crippen MR) is 98.9 cm³/mol. The Bertz CT molecular complexity index is 712. The second-order valence-electron chi connectivity index (χ2n) is 5.62. The lowest BCUT2D eigenvalue weighted by molar-refractivity contribution is -0.116. The molecular weight excluding hydrogens is 318 g/mol. The predicted octanol–water partition coefficient (Wildman–Crippen LogP) is 2.41. The van der Waals surface area contributed by atoms with Crippen molar-refractivity contribution in [3.63, 3.8) is 0 Å². The molecule has 6 nitrogen and oxygen atoms in total. The second kappa shape index (κ2) is 8.84. The van der Waals surface area contributed by atoms with E-state index in [9.17, 15) is 9.59 Å². The van der Waals surface area contributed by atoms with Gasteiger partial charge in [0.1, 0.15) is 5.75 Å². The van der Waals surface area contributed by atoms with E-state index in [1.165, 1.54) is 6.92 Å². The van der Waals surface area contributed by atoms with Crippen LogP contribution in [0, 0.1) is 0 Å². The Hall–Kier alpha value is -2.86. The first kappa shape index (κ1) is 18.5. The van der Waals surface area contributed by atoms with Gasteiger partial charge < -0.3 is 20.3 Å². The third kappa shape index (κ3) is 5.61. The SMILES string of the molecule is COc1ccc(CNCC(=O)Nc2ccc(N(C)C(C)=O)cc2)cc1. The lowest BCUT2D eigenvalue weighted by Gasteiger charge is -2.15. The van der Waals surface area contributed by atoms with Gasteiger partial charge in [-0.15, -0.1) is 0 Å². The monoisotopic (exact) mass is 341 g/mol. The molecule has 2 aromatic rings. The Labute approximate surface area is 147 Å². The number of methoxy groups -OCH3 is 1. The van der Waals surface area contributed by atoms with Gasteiger partial charge in [-0.1, -0.05) is 12.1 Å². The van der Waals surface area contributed by atoms with Gasteiger partial charge in [0.15, 0.2) is 0 Å². The summed E-state index contributed by atoms with van der Waals surface area (Å²) in [6, 6.07) is 14.8. The highest BCUT2D eigenvalue weighted by atomic mass is 16.5. The molecule has 2 amide bonds. The van der Waals surface area contributed by atoms with Gasteiger partial charge in [-0.05, 0) is 42.0 Å². The average molecular weight is 341 g/mol. The molecule has 2 aromatic carbocycles. The molecule has 0 fully saturated rings. The quantitative estimate of drug-likeness (QED) is 0.811. The van der Waals surface area contributed by atoms with Gasteiger partial charge in [0.2, 0.25) is 11.8 Å². The minimum atomic E-state index is -0.124. The zero-order valence-corrected chi connectivity index (χ0v) is 14.7. The summed E-state index contributed by atoms with van der Waals surface area (Å²) >= 11 is 0. The topological polar surface area (TPSA) is 70.7 Å². The Balaban J connectivity index is 1.78. The second-order valence-corrected chi connectivity index (χ2v) is 5.62. The first-order chi connectivity index (χ1) is 12.0. The molecule has 25 heavy (non-hydrogen) atoms. The van der Waals surface area contributed by atoms with Crippen molar-refractivity contribution in [1.82, 2.24) is 5.32 Å². The molecule has 2 N–H and O–H groups in total. The molecule has 0 saturated carbocycles. The minimum Gasteiger partial charge on any atom is -0.497 e. The molecular formula is C19H23N3O3. The van der Waals surface area contributed by atoms with Crippen molar-refractivity contribution in [3.05, 3.63) is 54.1 Å². The van der Waals surface area contributed by atoms with Crippen LogP contribution in [0.2, 0.25) is 0 Å². The molecule has 0 aliphatic heterocycles. The minimum absolute atomic E-state index is 0.0421. The van der Waals surface area contributed by atoms with Crippen LogP contribution in [0.3, 0.4) is 0 Å². The number of hydrogen-bond acceptors (Lipinski definition) is 4. The molecule has 0 aliphatic carbocycles. The van der Waals surface area contributed by atoms with Crippen molar-refractivity contribution < 1.29 is 14.3 Å². The Morgan fingerprint density at radius 2 is 1.68 bits per heavy atom. The summed E-state index contributed by atoms with van der Waals surface area (Å²) in [7, 11) is 3.33. The molecule has 2 rings (SSSR count). The van der Waals surface area contributed by atoms with Gasteiger partial charge in [0, 0.05) is 31.9 Å². The number of anilines is 2. The Morgan fingerprint density at radius 1 is 1.04 bits per heavy atom. The number of nitrogens with zero attached hydrogens (tertiary/aromatic N) is 1. The smallest absolute Gasteiger partial charge is 0.238 e. The van der Waals surface area contributed by atoms with Gasteiger partial charge in [0.05, 0.1) is 13.7 Å². The molecule has 0 heterocycles. The number of benzene rings is 2. The van der Waals surface area contributed by atoms with Gasteiger partial charge in [-0.2, -0.15) is 0 Å². The average Bonchev–Trinajstić information content (AvgIpc) is 2.62. The van der Waals surface area contributed by atoms with Gasteiger partial charge in [-0.25, -0.2) is 0 Å². The van der Waals surface area contributed by atoms with Gasteiger partial charge in [-0.3, -0.25) is 9.59 Å². The number of carbonyl (C=O) groups excluding carboxylic acids is 2. The van der Waals surface area contributed by atoms with Crippen LogP contribution in [0.4, 0.5) is 11.4 Å². The summed E-state index contributed by atoms with van der Waals surface area (Å²) in [6.45, 7) is 2.31. The van der Waals surface area contributed by atoms with Crippen LogP contribution in [0.1, 0.15) is 12.5 Å². The number of nitrogens with one attached hydrogen (secondary N) is 2. The van der Waals surface area contributed by atoms with E-state index >= 15 is 0 Å². The molecule has 0 bridgehead atoms. The molecule has 0 aromatic heterocycles. The van der Waals surface area contributed by atoms with Crippen molar-refractivity contribution >= 4 is 23.2 Å². The van der Waals surface area contributed by atoms with Gasteiger partial charge >= 0.3 is 0 Å². The molecule has 0 unspecified atom stereocenters. The summed E-state index contributed by atoms with van der Waals surface area (Å²) in [6.07, 6.45) is 0. The van der Waals surface area contributed by atoms with E-state index in [-0.39, 0.29) is 18.4 Å². The number of carbonyl (C=O) groups is 2. The van der Waals surface area contributed by atoms with Crippen molar-refractivity contribution in [1.29, 1.82) is 0 Å². The highest BCUT2D eigenvalue weighted by molar-refractivity contribution is 5.93. The van der Waals surface area contributed by atoms with E-state index in [0.29, 0.717) is 12.2 Å². The van der Waals surface area contributed by atoms with Gasteiger partial charge in [0.25, 0.3) is 0 Å². The first-order valence-electron chi connectivity index (χ1n) is 7.97. The van der Waals surface area contributed by atoms with E-state index in [4.69, 9.17) is 4.74 Å². The van der Waals surface area contributed by atoms with Crippen LogP contribution in [0.5, 0.6) is 5.75 Å². The summed E-state index contributed by atoms with van der Waals surface area (Å²) in [4.78, 5) is 24.8. The van der Waals surface area contributed by atoms with Crippen LogP contribution < -0.4 is 20.3 Å². The number of ether oxygens (including phenoxy) is 1. The van der Waals surface area contributed by atoms with E-state index < -0.39 is 0 Å². The summed E-state index contributed by atoms with van der Waals surface area (Å²) in [5.74, 6) is 0.640. The van der Waals surface area contributed by atoms with Crippen molar-refractivity contribution in [2.75, 3.05) is 30.9 Å². The zero-order chi connectivity index (χ0) is 18.2. The fourth-order valence-corrected chi connectivity index (χ4v) is 2.22. The lowest BCUT2D eigenvalue weighted by Crippen LogP contribution is -2.27. The summed E-state index contributed by atoms with van der Waals surface area (Å²) in [5.41, 5.74) is 2.55. The van der Waals surface area contributed by atoms with Crippen LogP contribution in [0.15, 0.2) is 48.5 Å². The maximum Gasteiger partial charge on any atom is 0.238 e. The molecule has 0 atom stereocenters. The molecule has 6 heteroatoms. The number of hydrogen-bond donors (Lipinski definition) is 2. The number of rotatable bonds is 7. The summed E-state index contributed by atoms with van der Waals surface area (Å²) in [5, 5.41) is 5.91. The van der Waals surface area contributed by atoms with Crippen molar-refractivity contribution in [3.8, 4) is 5.75 Å². The standard InChI is InChI=1S/C19H23N3O3/c1-14(23)22(2)17-8-6-16(7-9-17)21-19(24)13-20-12-15-4-10-18(25-3)11-5-15/h4-11,20H,12-13H2,1-3H3,(H,21,24). The maximum atomic E-state index is 12.0. The fourth-order valence-electron chi connectivity index (χ4n) is 2.22. The molecule has 0 saturated heterocycles. The van der Waals surface area contributed by atoms with Crippen LogP contribution >= 0.6 is 0 Å². The third-order valence-electron chi connectivity index (χ3n) is 3.78. The summed E-state index contributed by atoms with van der Waals surface area (Å²) < 4.78 is 5.11. The van der Waals surface area contributed by atoms with E-state index in [1.807, 2.05) is 24.3 Å². The molecule has 0 spiro atoms. The van der Waals surface area contributed by atoms with E-state index in [1.54, 1.807) is 43.3 Å². The van der Waals surface area contributed by atoms with Crippen LogP contribution in [-0.4, -0.2) is 32.5 Å². The Morgan fingerprint density at radius 3 is 2.24 bits per heavy atom. The first-order valence-corrected chi connectivity index (χ1v) is 7.97. The fraction of sp³-hybridized carbons (Fsp3) is 0.263. The normalized spacial score (nSPS) is 10.2. The molecule has 0 aliphatic rings. The van der Waals surface area contributed by atoms with Crippen molar-refractivity contribution in [2.24, 2.45) is 0 Å². The third-order valence-corrected chi connectivity index (χ3v) is 3.78. The van der Waals surface area contributed by atoms with Crippen molar-refractivity contribution in [2.45, 2.75) is 13.5 Å². The van der Waals surface area contributed by atoms with E-state index in [0.717, 1.165) is 17.0 Å².